The third-order valence-electron chi connectivity index (χ3n) is 1.86. The van der Waals surface area contributed by atoms with Gasteiger partial charge in [0, 0.05) is 5.69 Å². The molecular formula is C10H10F3NO2. The summed E-state index contributed by atoms with van der Waals surface area (Å²) in [7, 11) is 0. The average molecular weight is 233 g/mol. The molecule has 0 fully saturated rings. The van der Waals surface area contributed by atoms with Crippen LogP contribution in [0.5, 0.6) is 0 Å². The first kappa shape index (κ1) is 12.5. The zero-order valence-electron chi connectivity index (χ0n) is 8.38. The van der Waals surface area contributed by atoms with E-state index in [9.17, 15) is 18.0 Å². The number of benzene rings is 1. The molecule has 0 bridgehead atoms. The first-order valence-corrected chi connectivity index (χ1v) is 4.47. The second-order valence-electron chi connectivity index (χ2n) is 3.24. The van der Waals surface area contributed by atoms with Gasteiger partial charge in [0.05, 0.1) is 5.56 Å². The second kappa shape index (κ2) is 4.52. The number of hydrogen-bond acceptors (Lipinski definition) is 2. The Kier molecular flexibility index (Phi) is 3.54. The van der Waals surface area contributed by atoms with E-state index in [0.717, 1.165) is 24.3 Å². The van der Waals surface area contributed by atoms with Gasteiger partial charge in [0.25, 0.3) is 5.91 Å². The van der Waals surface area contributed by atoms with Crippen LogP contribution < -0.4 is 5.32 Å². The van der Waals surface area contributed by atoms with Crippen LogP contribution in [0.2, 0.25) is 0 Å². The summed E-state index contributed by atoms with van der Waals surface area (Å²) in [6, 6.07) is 3.97. The molecule has 2 N–H and O–H groups in total. The van der Waals surface area contributed by atoms with Crippen LogP contribution in [0.15, 0.2) is 24.3 Å². The fourth-order valence-corrected chi connectivity index (χ4v) is 0.989. The Morgan fingerprint density at radius 3 is 2.19 bits per heavy atom. The van der Waals surface area contributed by atoms with Gasteiger partial charge in [0.2, 0.25) is 0 Å². The molecule has 0 unspecified atom stereocenters. The predicted molar refractivity (Wildman–Crippen MR) is 51.8 cm³/mol. The van der Waals surface area contributed by atoms with Crippen LogP contribution >= 0.6 is 0 Å². The Balaban J connectivity index is 2.76. The molecule has 0 radical (unpaired) electrons. The van der Waals surface area contributed by atoms with Crippen molar-refractivity contribution in [1.29, 1.82) is 0 Å². The molecule has 0 aliphatic rings. The van der Waals surface area contributed by atoms with E-state index in [1.807, 2.05) is 0 Å². The summed E-state index contributed by atoms with van der Waals surface area (Å²) in [4.78, 5) is 11.0. The lowest BCUT2D eigenvalue weighted by Crippen LogP contribution is -2.24. The topological polar surface area (TPSA) is 49.3 Å². The minimum Gasteiger partial charge on any atom is -0.384 e. The van der Waals surface area contributed by atoms with Crippen LogP contribution in [0.25, 0.3) is 0 Å². The number of alkyl halides is 3. The van der Waals surface area contributed by atoms with E-state index in [1.54, 1.807) is 0 Å². The lowest BCUT2D eigenvalue weighted by atomic mass is 10.2. The van der Waals surface area contributed by atoms with Crippen molar-refractivity contribution in [3.63, 3.8) is 0 Å². The first-order valence-electron chi connectivity index (χ1n) is 4.47. The van der Waals surface area contributed by atoms with Crippen LogP contribution in [0.4, 0.5) is 18.9 Å². The highest BCUT2D eigenvalue weighted by Crippen LogP contribution is 2.29. The Labute approximate surface area is 89.9 Å². The molecule has 0 aliphatic carbocycles. The number of halogens is 3. The largest absolute Gasteiger partial charge is 0.416 e. The highest BCUT2D eigenvalue weighted by atomic mass is 19.4. The van der Waals surface area contributed by atoms with E-state index in [0.29, 0.717) is 0 Å². The van der Waals surface area contributed by atoms with Crippen molar-refractivity contribution in [3.8, 4) is 0 Å². The van der Waals surface area contributed by atoms with Crippen LogP contribution in [-0.4, -0.2) is 17.1 Å². The fourth-order valence-electron chi connectivity index (χ4n) is 0.989. The SMILES string of the molecule is C[C@H](O)C(=O)Nc1ccc(C(F)(F)F)cc1. The van der Waals surface area contributed by atoms with Crippen molar-refractivity contribution in [2.24, 2.45) is 0 Å². The van der Waals surface area contributed by atoms with Crippen molar-refractivity contribution in [3.05, 3.63) is 29.8 Å². The molecule has 6 heteroatoms. The Morgan fingerprint density at radius 2 is 1.81 bits per heavy atom. The van der Waals surface area contributed by atoms with Gasteiger partial charge in [-0.15, -0.1) is 0 Å². The molecule has 3 nitrogen and oxygen atoms in total. The summed E-state index contributed by atoms with van der Waals surface area (Å²) in [5.74, 6) is -0.667. The lowest BCUT2D eigenvalue weighted by Gasteiger charge is -2.09. The smallest absolute Gasteiger partial charge is 0.384 e. The molecule has 1 amide bonds. The quantitative estimate of drug-likeness (QED) is 0.821. The molecule has 1 rings (SSSR count). The van der Waals surface area contributed by atoms with Gasteiger partial charge in [-0.2, -0.15) is 13.2 Å². The molecule has 0 spiro atoms. The van der Waals surface area contributed by atoms with Gasteiger partial charge in [-0.1, -0.05) is 0 Å². The van der Waals surface area contributed by atoms with Gasteiger partial charge < -0.3 is 10.4 Å². The third-order valence-corrected chi connectivity index (χ3v) is 1.86. The number of nitrogens with one attached hydrogen (secondary N) is 1. The molecule has 1 aromatic carbocycles. The van der Waals surface area contributed by atoms with Crippen molar-refractivity contribution < 1.29 is 23.1 Å². The van der Waals surface area contributed by atoms with Gasteiger partial charge in [-0.3, -0.25) is 4.79 Å². The van der Waals surface area contributed by atoms with E-state index in [4.69, 9.17) is 5.11 Å². The molecule has 0 heterocycles. The Morgan fingerprint density at radius 1 is 1.31 bits per heavy atom. The van der Waals surface area contributed by atoms with Gasteiger partial charge in [0.1, 0.15) is 6.10 Å². The Hall–Kier alpha value is -1.56. The van der Waals surface area contributed by atoms with Crippen molar-refractivity contribution in [1.82, 2.24) is 0 Å². The van der Waals surface area contributed by atoms with E-state index in [1.165, 1.54) is 6.92 Å². The van der Waals surface area contributed by atoms with Crippen molar-refractivity contribution in [2.45, 2.75) is 19.2 Å². The summed E-state index contributed by atoms with van der Waals surface area (Å²) in [5, 5.41) is 11.1. The molecule has 0 saturated heterocycles. The number of carbonyl (C=O) groups excluding carboxylic acids is 1. The third kappa shape index (κ3) is 3.23. The number of anilines is 1. The van der Waals surface area contributed by atoms with Gasteiger partial charge in [0.15, 0.2) is 0 Å². The maximum absolute atomic E-state index is 12.2. The number of amides is 1. The van der Waals surface area contributed by atoms with Crippen LogP contribution in [-0.2, 0) is 11.0 Å². The lowest BCUT2D eigenvalue weighted by molar-refractivity contribution is -0.137. The second-order valence-corrected chi connectivity index (χ2v) is 3.24. The van der Waals surface area contributed by atoms with Gasteiger partial charge in [-0.05, 0) is 31.2 Å². The molecule has 0 aromatic heterocycles. The zero-order chi connectivity index (χ0) is 12.3. The highest BCUT2D eigenvalue weighted by Gasteiger charge is 2.29. The summed E-state index contributed by atoms with van der Waals surface area (Å²) in [6.07, 6.45) is -5.60. The first-order chi connectivity index (χ1) is 7.30. The van der Waals surface area contributed by atoms with E-state index in [-0.39, 0.29) is 5.69 Å². The molecule has 0 aliphatic heterocycles. The van der Waals surface area contributed by atoms with Crippen molar-refractivity contribution >= 4 is 11.6 Å². The number of hydrogen-bond donors (Lipinski definition) is 2. The maximum Gasteiger partial charge on any atom is 0.416 e. The molecule has 16 heavy (non-hydrogen) atoms. The van der Waals surface area contributed by atoms with E-state index >= 15 is 0 Å². The monoisotopic (exact) mass is 233 g/mol. The van der Waals surface area contributed by atoms with Gasteiger partial charge in [-0.25, -0.2) is 0 Å². The maximum atomic E-state index is 12.2. The molecule has 0 saturated carbocycles. The molecule has 1 aromatic rings. The average Bonchev–Trinajstić information content (AvgIpc) is 2.17. The predicted octanol–water partition coefficient (Wildman–Crippen LogP) is 2.02. The van der Waals surface area contributed by atoms with Crippen molar-refractivity contribution in [2.75, 3.05) is 5.32 Å². The molecule has 1 atom stereocenters. The molecule has 88 valence electrons. The van der Waals surface area contributed by atoms with Crippen LogP contribution in [0.1, 0.15) is 12.5 Å². The minimum atomic E-state index is -4.40. The standard InChI is InChI=1S/C10H10F3NO2/c1-6(15)9(16)14-8-4-2-7(3-5-8)10(11,12)13/h2-6,15H,1H3,(H,14,16)/t6-/m0/s1. The summed E-state index contributed by atoms with van der Waals surface area (Å²) >= 11 is 0. The van der Waals surface area contributed by atoms with Gasteiger partial charge >= 0.3 is 6.18 Å². The summed E-state index contributed by atoms with van der Waals surface area (Å²) in [6.45, 7) is 1.26. The zero-order valence-corrected chi connectivity index (χ0v) is 8.38. The van der Waals surface area contributed by atoms with E-state index in [2.05, 4.69) is 5.32 Å². The minimum absolute atomic E-state index is 0.207. The summed E-state index contributed by atoms with van der Waals surface area (Å²) < 4.78 is 36.5. The van der Waals surface area contributed by atoms with Crippen LogP contribution in [0.3, 0.4) is 0 Å². The molecular weight excluding hydrogens is 223 g/mol. The number of aliphatic hydroxyl groups excluding tert-OH is 1. The Bertz CT molecular complexity index is 371. The normalized spacial score (nSPS) is 13.3. The summed E-state index contributed by atoms with van der Waals surface area (Å²) in [5.41, 5.74) is -0.582. The number of carbonyl (C=O) groups is 1. The van der Waals surface area contributed by atoms with Crippen LogP contribution in [0, 0.1) is 0 Å². The number of aliphatic hydroxyl groups is 1. The van der Waals surface area contributed by atoms with E-state index < -0.39 is 23.8 Å². The fraction of sp³-hybridized carbons (Fsp3) is 0.300. The number of rotatable bonds is 2. The highest BCUT2D eigenvalue weighted by molar-refractivity contribution is 5.93.